The van der Waals surface area contributed by atoms with Crippen molar-refractivity contribution in [1.29, 1.82) is 0 Å². The molecule has 0 amide bonds. The molecular weight excluding hydrogens is 286 g/mol. The van der Waals surface area contributed by atoms with Gasteiger partial charge in [-0.3, -0.25) is 0 Å². The number of anilines is 2. The molecule has 0 saturated carbocycles. The lowest BCUT2D eigenvalue weighted by Gasteiger charge is -2.09. The first-order valence-corrected chi connectivity index (χ1v) is 7.74. The summed E-state index contributed by atoms with van der Waals surface area (Å²) in [4.78, 5) is 4.43. The minimum atomic E-state index is 0.230. The Kier molecular flexibility index (Phi) is 6.10. The van der Waals surface area contributed by atoms with Crippen LogP contribution in [0.25, 0.3) is 0 Å². The van der Waals surface area contributed by atoms with Crippen LogP contribution in [0.4, 0.5) is 10.8 Å². The van der Waals surface area contributed by atoms with Gasteiger partial charge in [-0.05, 0) is 31.5 Å². The van der Waals surface area contributed by atoms with E-state index >= 15 is 0 Å². The van der Waals surface area contributed by atoms with E-state index in [0.717, 1.165) is 28.6 Å². The molecule has 1 aromatic heterocycles. The van der Waals surface area contributed by atoms with Crippen LogP contribution in [-0.4, -0.2) is 29.2 Å². The van der Waals surface area contributed by atoms with Gasteiger partial charge >= 0.3 is 0 Å². The number of hydrogen-bond donors (Lipinski definition) is 1. The highest BCUT2D eigenvalue weighted by atomic mass is 32.1. The Balaban J connectivity index is 1.95. The van der Waals surface area contributed by atoms with Crippen molar-refractivity contribution in [3.8, 4) is 0 Å². The first-order valence-electron chi connectivity index (χ1n) is 6.96. The van der Waals surface area contributed by atoms with E-state index in [9.17, 15) is 0 Å². The minimum absolute atomic E-state index is 0.230. The molecule has 5 nitrogen and oxygen atoms in total. The standard InChI is InChI=1S/C15H21N3O2S/c1-11(2)20-10-12-5-4-6-13(9-12)16-15-17-14(18-21-15)7-8-19-3/h4-6,9,11H,7-8,10H2,1-3H3,(H,16,17,18). The Labute approximate surface area is 129 Å². The molecule has 1 heterocycles. The Morgan fingerprint density at radius 1 is 1.33 bits per heavy atom. The van der Waals surface area contributed by atoms with E-state index in [-0.39, 0.29) is 6.10 Å². The summed E-state index contributed by atoms with van der Waals surface area (Å²) in [5.41, 5.74) is 2.13. The average Bonchev–Trinajstić information content (AvgIpc) is 2.91. The molecule has 1 aromatic carbocycles. The van der Waals surface area contributed by atoms with E-state index in [1.54, 1.807) is 7.11 Å². The number of methoxy groups -OCH3 is 1. The highest BCUT2D eigenvalue weighted by molar-refractivity contribution is 7.09. The van der Waals surface area contributed by atoms with E-state index < -0.39 is 0 Å². The number of hydrogen-bond acceptors (Lipinski definition) is 6. The summed E-state index contributed by atoms with van der Waals surface area (Å²) in [7, 11) is 1.68. The van der Waals surface area contributed by atoms with Gasteiger partial charge in [0.05, 0.1) is 19.3 Å². The van der Waals surface area contributed by atoms with Crippen molar-refractivity contribution in [2.75, 3.05) is 19.0 Å². The second-order valence-electron chi connectivity index (χ2n) is 4.94. The highest BCUT2D eigenvalue weighted by Crippen LogP contribution is 2.20. The van der Waals surface area contributed by atoms with Gasteiger partial charge in [0.1, 0.15) is 5.82 Å². The number of nitrogens with one attached hydrogen (secondary N) is 1. The topological polar surface area (TPSA) is 56.3 Å². The van der Waals surface area contributed by atoms with E-state index in [0.29, 0.717) is 13.2 Å². The zero-order chi connectivity index (χ0) is 15.1. The maximum Gasteiger partial charge on any atom is 0.207 e. The smallest absolute Gasteiger partial charge is 0.207 e. The van der Waals surface area contributed by atoms with Crippen molar-refractivity contribution in [1.82, 2.24) is 9.36 Å². The second kappa shape index (κ2) is 8.07. The molecular formula is C15H21N3O2S. The van der Waals surface area contributed by atoms with Crippen LogP contribution in [0.15, 0.2) is 24.3 Å². The first kappa shape index (κ1) is 15.9. The van der Waals surface area contributed by atoms with Gasteiger partial charge in [0.2, 0.25) is 5.13 Å². The molecule has 0 aliphatic rings. The molecule has 0 aliphatic carbocycles. The molecule has 0 spiro atoms. The summed E-state index contributed by atoms with van der Waals surface area (Å²) in [6.45, 7) is 5.32. The molecule has 0 aliphatic heterocycles. The van der Waals surface area contributed by atoms with Crippen molar-refractivity contribution in [2.45, 2.75) is 33.0 Å². The zero-order valence-electron chi connectivity index (χ0n) is 12.6. The Hall–Kier alpha value is -1.50. The number of aromatic nitrogens is 2. The predicted octanol–water partition coefficient (Wildman–Crippen LogP) is 3.40. The van der Waals surface area contributed by atoms with Gasteiger partial charge in [-0.2, -0.15) is 4.37 Å². The molecule has 114 valence electrons. The highest BCUT2D eigenvalue weighted by Gasteiger charge is 2.05. The fraction of sp³-hybridized carbons (Fsp3) is 0.467. The largest absolute Gasteiger partial charge is 0.384 e. The van der Waals surface area contributed by atoms with Crippen LogP contribution < -0.4 is 5.32 Å². The second-order valence-corrected chi connectivity index (χ2v) is 5.70. The molecule has 0 radical (unpaired) electrons. The van der Waals surface area contributed by atoms with Gasteiger partial charge in [-0.1, -0.05) is 12.1 Å². The summed E-state index contributed by atoms with van der Waals surface area (Å²) in [5.74, 6) is 0.809. The maximum atomic E-state index is 5.61. The Morgan fingerprint density at radius 2 is 2.19 bits per heavy atom. The van der Waals surface area contributed by atoms with Crippen LogP contribution >= 0.6 is 11.5 Å². The zero-order valence-corrected chi connectivity index (χ0v) is 13.4. The molecule has 1 N–H and O–H groups in total. The van der Waals surface area contributed by atoms with Crippen LogP contribution in [-0.2, 0) is 22.5 Å². The maximum absolute atomic E-state index is 5.61. The Bertz CT molecular complexity index is 557. The summed E-state index contributed by atoms with van der Waals surface area (Å²) in [6, 6.07) is 8.14. The molecule has 2 rings (SSSR count). The van der Waals surface area contributed by atoms with Crippen molar-refractivity contribution in [3.63, 3.8) is 0 Å². The van der Waals surface area contributed by atoms with Crippen molar-refractivity contribution < 1.29 is 9.47 Å². The third-order valence-corrected chi connectivity index (χ3v) is 3.43. The summed E-state index contributed by atoms with van der Waals surface area (Å²) < 4.78 is 14.9. The van der Waals surface area contributed by atoms with E-state index in [1.165, 1.54) is 11.5 Å². The summed E-state index contributed by atoms with van der Waals surface area (Å²) >= 11 is 1.36. The molecule has 2 aromatic rings. The number of rotatable bonds is 8. The van der Waals surface area contributed by atoms with Gasteiger partial charge in [0.25, 0.3) is 0 Å². The third-order valence-electron chi connectivity index (χ3n) is 2.76. The molecule has 0 unspecified atom stereocenters. The van der Waals surface area contributed by atoms with Crippen LogP contribution in [0, 0.1) is 0 Å². The van der Waals surface area contributed by atoms with Crippen LogP contribution in [0.1, 0.15) is 25.2 Å². The van der Waals surface area contributed by atoms with Crippen molar-refractivity contribution in [2.24, 2.45) is 0 Å². The minimum Gasteiger partial charge on any atom is -0.384 e. The lowest BCUT2D eigenvalue weighted by atomic mass is 10.2. The third kappa shape index (κ3) is 5.41. The lowest BCUT2D eigenvalue weighted by molar-refractivity contribution is 0.0657. The van der Waals surface area contributed by atoms with Gasteiger partial charge < -0.3 is 14.8 Å². The van der Waals surface area contributed by atoms with Crippen LogP contribution in [0.3, 0.4) is 0 Å². The quantitative estimate of drug-likeness (QED) is 0.810. The first-order chi connectivity index (χ1) is 10.2. The van der Waals surface area contributed by atoms with E-state index in [1.807, 2.05) is 26.0 Å². The lowest BCUT2D eigenvalue weighted by Crippen LogP contribution is -2.02. The fourth-order valence-electron chi connectivity index (χ4n) is 1.72. The SMILES string of the molecule is COCCc1nsc(Nc2cccc(COC(C)C)c2)n1. The van der Waals surface area contributed by atoms with Gasteiger partial charge in [0.15, 0.2) is 0 Å². The summed E-state index contributed by atoms with van der Waals surface area (Å²) in [5, 5.41) is 4.07. The predicted molar refractivity (Wildman–Crippen MR) is 85.1 cm³/mol. The van der Waals surface area contributed by atoms with Crippen LogP contribution in [0.5, 0.6) is 0 Å². The molecule has 0 atom stereocenters. The Morgan fingerprint density at radius 3 is 2.95 bits per heavy atom. The number of benzene rings is 1. The van der Waals surface area contributed by atoms with E-state index in [4.69, 9.17) is 9.47 Å². The average molecular weight is 307 g/mol. The van der Waals surface area contributed by atoms with Gasteiger partial charge in [-0.15, -0.1) is 0 Å². The molecule has 0 fully saturated rings. The normalized spacial score (nSPS) is 11.0. The molecule has 0 bridgehead atoms. The van der Waals surface area contributed by atoms with Crippen molar-refractivity contribution in [3.05, 3.63) is 35.7 Å². The fourth-order valence-corrected chi connectivity index (χ4v) is 2.36. The van der Waals surface area contributed by atoms with E-state index in [2.05, 4.69) is 26.8 Å². The van der Waals surface area contributed by atoms with Crippen molar-refractivity contribution >= 4 is 22.4 Å². The molecule has 21 heavy (non-hydrogen) atoms. The monoisotopic (exact) mass is 307 g/mol. The van der Waals surface area contributed by atoms with Crippen LogP contribution in [0.2, 0.25) is 0 Å². The molecule has 6 heteroatoms. The van der Waals surface area contributed by atoms with Gasteiger partial charge in [-0.25, -0.2) is 4.98 Å². The molecule has 0 saturated heterocycles. The summed E-state index contributed by atoms with van der Waals surface area (Å²) in [6.07, 6.45) is 0.963. The number of nitrogens with zero attached hydrogens (tertiary/aromatic N) is 2. The number of ether oxygens (including phenoxy) is 2. The van der Waals surface area contributed by atoms with Gasteiger partial charge in [0, 0.05) is 30.8 Å².